The first kappa shape index (κ1) is 29.9. The molecule has 0 atom stereocenters. The van der Waals surface area contributed by atoms with Gasteiger partial charge in [0.2, 0.25) is 0 Å². The summed E-state index contributed by atoms with van der Waals surface area (Å²) in [6, 6.07) is 66.4. The largest absolute Gasteiger partial charge is 0.208 e. The van der Waals surface area contributed by atoms with Crippen LogP contribution in [0.1, 0.15) is 0 Å². The highest BCUT2D eigenvalue weighted by atomic mass is 15.0. The quantitative estimate of drug-likeness (QED) is 0.136. The van der Waals surface area contributed by atoms with Crippen molar-refractivity contribution >= 4 is 43.1 Å². The van der Waals surface area contributed by atoms with Gasteiger partial charge in [-0.2, -0.15) is 0 Å². The van der Waals surface area contributed by atoms with E-state index in [2.05, 4.69) is 170 Å². The van der Waals surface area contributed by atoms with E-state index in [1.165, 1.54) is 48.7 Å². The van der Waals surface area contributed by atoms with E-state index >= 15 is 0 Å². The van der Waals surface area contributed by atoms with Gasteiger partial charge in [-0.05, 0) is 77.5 Å². The lowest BCUT2D eigenvalue weighted by molar-refractivity contribution is 1.07. The standard InChI is InChI=1S/C49H31N3/c1-2-16-34(17-3-1)47-50-48(43-24-12-10-21-39(43)37-27-26-32-14-4-5-18-35(32)30-37)52-49(51-47)44-25-13-11-23-41(44)46-40-22-9-7-19-36(40)31-45-38-20-8-6-15-33(38)28-29-42(45)46/h1-31H. The van der Waals surface area contributed by atoms with Gasteiger partial charge in [0.15, 0.2) is 17.5 Å². The fraction of sp³-hybridized carbons (Fsp3) is 0. The van der Waals surface area contributed by atoms with Gasteiger partial charge in [-0.25, -0.2) is 15.0 Å². The van der Waals surface area contributed by atoms with Crippen LogP contribution in [0.25, 0.3) is 99.5 Å². The minimum Gasteiger partial charge on any atom is -0.208 e. The first-order valence-corrected chi connectivity index (χ1v) is 17.6. The minimum atomic E-state index is 0.634. The smallest absolute Gasteiger partial charge is 0.164 e. The lowest BCUT2D eigenvalue weighted by atomic mass is 9.88. The topological polar surface area (TPSA) is 38.7 Å². The van der Waals surface area contributed by atoms with E-state index < -0.39 is 0 Å². The van der Waals surface area contributed by atoms with E-state index in [1.807, 2.05) is 18.2 Å². The maximum Gasteiger partial charge on any atom is 0.164 e. The Labute approximate surface area is 301 Å². The van der Waals surface area contributed by atoms with Crippen LogP contribution in [0.4, 0.5) is 0 Å². The monoisotopic (exact) mass is 661 g/mol. The molecule has 0 aliphatic carbocycles. The van der Waals surface area contributed by atoms with E-state index in [-0.39, 0.29) is 0 Å². The number of hydrogen-bond acceptors (Lipinski definition) is 3. The number of nitrogens with zero attached hydrogens (tertiary/aromatic N) is 3. The molecule has 0 bridgehead atoms. The number of aromatic nitrogens is 3. The molecule has 242 valence electrons. The predicted octanol–water partition coefficient (Wildman–Crippen LogP) is 12.8. The van der Waals surface area contributed by atoms with Crippen molar-refractivity contribution in [3.63, 3.8) is 0 Å². The van der Waals surface area contributed by atoms with E-state index in [1.54, 1.807) is 0 Å². The summed E-state index contributed by atoms with van der Waals surface area (Å²) in [5, 5.41) is 9.69. The molecule has 0 saturated heterocycles. The Morgan fingerprint density at radius 2 is 0.788 bits per heavy atom. The molecule has 10 aromatic rings. The van der Waals surface area contributed by atoms with Crippen molar-refractivity contribution in [2.45, 2.75) is 0 Å². The summed E-state index contributed by atoms with van der Waals surface area (Å²) in [6.07, 6.45) is 0. The van der Waals surface area contributed by atoms with E-state index in [0.717, 1.165) is 33.4 Å². The van der Waals surface area contributed by atoms with Crippen molar-refractivity contribution in [2.75, 3.05) is 0 Å². The minimum absolute atomic E-state index is 0.634. The molecule has 0 fully saturated rings. The van der Waals surface area contributed by atoms with Crippen molar-refractivity contribution in [3.8, 4) is 56.4 Å². The zero-order valence-electron chi connectivity index (χ0n) is 28.2. The number of benzene rings is 9. The maximum atomic E-state index is 5.32. The average Bonchev–Trinajstić information content (AvgIpc) is 3.23. The fourth-order valence-electron chi connectivity index (χ4n) is 7.63. The molecular formula is C49H31N3. The molecule has 1 aromatic heterocycles. The molecule has 1 heterocycles. The molecule has 10 rings (SSSR count). The first-order chi connectivity index (χ1) is 25.8. The molecule has 0 aliphatic heterocycles. The Hall–Kier alpha value is -6.97. The van der Waals surface area contributed by atoms with Gasteiger partial charge in [-0.15, -0.1) is 0 Å². The van der Waals surface area contributed by atoms with Crippen LogP contribution in [0.5, 0.6) is 0 Å². The van der Waals surface area contributed by atoms with Gasteiger partial charge in [0.25, 0.3) is 0 Å². The molecule has 52 heavy (non-hydrogen) atoms. The summed E-state index contributed by atoms with van der Waals surface area (Å²) < 4.78 is 0. The van der Waals surface area contributed by atoms with Gasteiger partial charge in [0.1, 0.15) is 0 Å². The number of hydrogen-bond donors (Lipinski definition) is 0. The molecule has 3 heteroatoms. The van der Waals surface area contributed by atoms with Gasteiger partial charge in [-0.3, -0.25) is 0 Å². The molecule has 0 N–H and O–H groups in total. The fourth-order valence-corrected chi connectivity index (χ4v) is 7.63. The first-order valence-electron chi connectivity index (χ1n) is 17.6. The number of rotatable bonds is 5. The average molecular weight is 662 g/mol. The van der Waals surface area contributed by atoms with E-state index in [0.29, 0.717) is 17.5 Å². The van der Waals surface area contributed by atoms with Crippen LogP contribution in [0.3, 0.4) is 0 Å². The van der Waals surface area contributed by atoms with E-state index in [4.69, 9.17) is 15.0 Å². The van der Waals surface area contributed by atoms with Crippen LogP contribution in [0.2, 0.25) is 0 Å². The molecule has 0 spiro atoms. The predicted molar refractivity (Wildman–Crippen MR) is 217 cm³/mol. The van der Waals surface area contributed by atoms with Crippen molar-refractivity contribution in [1.29, 1.82) is 0 Å². The van der Waals surface area contributed by atoms with Gasteiger partial charge in [-0.1, -0.05) is 176 Å². The van der Waals surface area contributed by atoms with Crippen LogP contribution in [-0.2, 0) is 0 Å². The third kappa shape index (κ3) is 5.10. The maximum absolute atomic E-state index is 5.32. The zero-order valence-corrected chi connectivity index (χ0v) is 28.2. The summed E-state index contributed by atoms with van der Waals surface area (Å²) in [5.41, 5.74) is 7.30. The summed E-state index contributed by atoms with van der Waals surface area (Å²) in [4.78, 5) is 15.7. The van der Waals surface area contributed by atoms with Crippen molar-refractivity contribution in [1.82, 2.24) is 15.0 Å². The lowest BCUT2D eigenvalue weighted by Gasteiger charge is -2.17. The summed E-state index contributed by atoms with van der Waals surface area (Å²) >= 11 is 0. The zero-order chi connectivity index (χ0) is 34.4. The SMILES string of the molecule is c1ccc(-c2nc(-c3ccccc3-c3ccc4ccccc4c3)nc(-c3ccccc3-c3c4ccccc4cc4c3ccc3ccccc34)n2)cc1. The van der Waals surface area contributed by atoms with Crippen LogP contribution >= 0.6 is 0 Å². The molecule has 0 unspecified atom stereocenters. The third-order valence-electron chi connectivity index (χ3n) is 10.1. The van der Waals surface area contributed by atoms with Gasteiger partial charge in [0.05, 0.1) is 0 Å². The third-order valence-corrected chi connectivity index (χ3v) is 10.1. The molecule has 3 nitrogen and oxygen atoms in total. The van der Waals surface area contributed by atoms with Gasteiger partial charge < -0.3 is 0 Å². The van der Waals surface area contributed by atoms with Crippen molar-refractivity contribution in [3.05, 3.63) is 188 Å². The Kier molecular flexibility index (Phi) is 7.14. The van der Waals surface area contributed by atoms with Crippen molar-refractivity contribution in [2.24, 2.45) is 0 Å². The lowest BCUT2D eigenvalue weighted by Crippen LogP contribution is -2.02. The Morgan fingerprint density at radius 3 is 1.56 bits per heavy atom. The number of fused-ring (bicyclic) bond motifs is 5. The molecular weight excluding hydrogens is 631 g/mol. The highest BCUT2D eigenvalue weighted by Gasteiger charge is 2.20. The van der Waals surface area contributed by atoms with Crippen LogP contribution < -0.4 is 0 Å². The molecule has 0 radical (unpaired) electrons. The highest BCUT2D eigenvalue weighted by molar-refractivity contribution is 6.21. The molecule has 0 amide bonds. The molecule has 0 saturated carbocycles. The summed E-state index contributed by atoms with van der Waals surface area (Å²) in [6.45, 7) is 0. The van der Waals surface area contributed by atoms with Crippen LogP contribution in [-0.4, -0.2) is 15.0 Å². The molecule has 0 aliphatic rings. The Balaban J connectivity index is 1.24. The second kappa shape index (κ2) is 12.4. The van der Waals surface area contributed by atoms with E-state index in [9.17, 15) is 0 Å². The summed E-state index contributed by atoms with van der Waals surface area (Å²) in [5.74, 6) is 1.91. The second-order valence-corrected chi connectivity index (χ2v) is 13.2. The Bertz CT molecular complexity index is 2970. The second-order valence-electron chi connectivity index (χ2n) is 13.2. The van der Waals surface area contributed by atoms with Gasteiger partial charge >= 0.3 is 0 Å². The Morgan fingerprint density at radius 1 is 0.250 bits per heavy atom. The van der Waals surface area contributed by atoms with Crippen LogP contribution in [0.15, 0.2) is 188 Å². The summed E-state index contributed by atoms with van der Waals surface area (Å²) in [7, 11) is 0. The van der Waals surface area contributed by atoms with Gasteiger partial charge in [0, 0.05) is 16.7 Å². The molecule has 9 aromatic carbocycles. The van der Waals surface area contributed by atoms with Crippen molar-refractivity contribution < 1.29 is 0 Å². The highest BCUT2D eigenvalue weighted by Crippen LogP contribution is 2.43. The van der Waals surface area contributed by atoms with Crippen LogP contribution in [0, 0.1) is 0 Å². The normalized spacial score (nSPS) is 11.5.